The van der Waals surface area contributed by atoms with Crippen LogP contribution in [0.5, 0.6) is 0 Å². The van der Waals surface area contributed by atoms with Gasteiger partial charge in [-0.05, 0) is 12.5 Å². The quantitative estimate of drug-likeness (QED) is 0.713. The van der Waals surface area contributed by atoms with Crippen LogP contribution in [-0.4, -0.2) is 37.0 Å². The van der Waals surface area contributed by atoms with Crippen LogP contribution in [0.4, 0.5) is 0 Å². The molecule has 0 aromatic heterocycles. The third kappa shape index (κ3) is 6.56. The fourth-order valence-corrected chi connectivity index (χ4v) is 1.74. The number of amides is 2. The molecule has 0 heterocycles. The Labute approximate surface area is 123 Å². The zero-order chi connectivity index (χ0) is 15.7. The summed E-state index contributed by atoms with van der Waals surface area (Å²) in [5, 5.41) is 4.96. The summed E-state index contributed by atoms with van der Waals surface area (Å²) < 4.78 is 4.96. The first-order chi connectivity index (χ1) is 10.0. The van der Waals surface area contributed by atoms with Crippen molar-refractivity contribution < 1.29 is 19.1 Å². The Morgan fingerprint density at radius 2 is 1.86 bits per heavy atom. The molecule has 1 atom stereocenters. The Morgan fingerprint density at radius 1 is 1.19 bits per heavy atom. The fourth-order valence-electron chi connectivity index (χ4n) is 1.74. The SMILES string of the molecule is CCOC(=O)[C@@H](Cc1ccccc1)NC(=O)CNC(C)=O. The van der Waals surface area contributed by atoms with Gasteiger partial charge in [0, 0.05) is 13.3 Å². The lowest BCUT2D eigenvalue weighted by molar-refractivity contribution is -0.147. The van der Waals surface area contributed by atoms with E-state index in [1.165, 1.54) is 6.92 Å². The van der Waals surface area contributed by atoms with E-state index in [0.29, 0.717) is 6.42 Å². The number of nitrogens with one attached hydrogen (secondary N) is 2. The summed E-state index contributed by atoms with van der Waals surface area (Å²) in [6.45, 7) is 3.10. The highest BCUT2D eigenvalue weighted by Crippen LogP contribution is 2.04. The van der Waals surface area contributed by atoms with Crippen molar-refractivity contribution in [1.82, 2.24) is 10.6 Å². The Bertz CT molecular complexity index is 488. The van der Waals surface area contributed by atoms with Gasteiger partial charge in [0.2, 0.25) is 11.8 Å². The molecule has 21 heavy (non-hydrogen) atoms. The molecule has 114 valence electrons. The molecule has 0 saturated carbocycles. The van der Waals surface area contributed by atoms with Crippen molar-refractivity contribution in [3.05, 3.63) is 35.9 Å². The van der Waals surface area contributed by atoms with E-state index < -0.39 is 17.9 Å². The topological polar surface area (TPSA) is 84.5 Å². The Hall–Kier alpha value is -2.37. The number of hydrogen-bond acceptors (Lipinski definition) is 4. The molecule has 0 aliphatic heterocycles. The fraction of sp³-hybridized carbons (Fsp3) is 0.400. The first-order valence-electron chi connectivity index (χ1n) is 6.77. The molecule has 1 aromatic carbocycles. The number of carbonyl (C=O) groups excluding carboxylic acids is 3. The molecular formula is C15H20N2O4. The average Bonchev–Trinajstić information content (AvgIpc) is 2.46. The van der Waals surface area contributed by atoms with Crippen molar-refractivity contribution in [1.29, 1.82) is 0 Å². The van der Waals surface area contributed by atoms with Crippen LogP contribution in [0.15, 0.2) is 30.3 Å². The standard InChI is InChI=1S/C15H20N2O4/c1-3-21-15(20)13(9-12-7-5-4-6-8-12)17-14(19)10-16-11(2)18/h4-8,13H,3,9-10H2,1-2H3,(H,16,18)(H,17,19)/t13-/m1/s1. The summed E-state index contributed by atoms with van der Waals surface area (Å²) in [7, 11) is 0. The third-order valence-electron chi connectivity index (χ3n) is 2.69. The first kappa shape index (κ1) is 16.7. The highest BCUT2D eigenvalue weighted by molar-refractivity contribution is 5.88. The summed E-state index contributed by atoms with van der Waals surface area (Å²) >= 11 is 0. The maximum Gasteiger partial charge on any atom is 0.328 e. The van der Waals surface area contributed by atoms with Gasteiger partial charge in [-0.1, -0.05) is 30.3 Å². The predicted octanol–water partition coefficient (Wildman–Crippen LogP) is 0.413. The number of hydrogen-bond donors (Lipinski definition) is 2. The lowest BCUT2D eigenvalue weighted by atomic mass is 10.1. The van der Waals surface area contributed by atoms with Gasteiger partial charge in [0.25, 0.3) is 0 Å². The van der Waals surface area contributed by atoms with Crippen LogP contribution in [0, 0.1) is 0 Å². The molecule has 0 fully saturated rings. The van der Waals surface area contributed by atoms with Crippen LogP contribution in [0.25, 0.3) is 0 Å². The van der Waals surface area contributed by atoms with Gasteiger partial charge in [0.05, 0.1) is 13.2 Å². The molecule has 2 amide bonds. The molecule has 0 bridgehead atoms. The highest BCUT2D eigenvalue weighted by Gasteiger charge is 2.22. The van der Waals surface area contributed by atoms with Gasteiger partial charge in [0.15, 0.2) is 0 Å². The third-order valence-corrected chi connectivity index (χ3v) is 2.69. The monoisotopic (exact) mass is 292 g/mol. The van der Waals surface area contributed by atoms with Crippen molar-refractivity contribution >= 4 is 17.8 Å². The molecule has 0 spiro atoms. The lowest BCUT2D eigenvalue weighted by Gasteiger charge is -2.17. The maximum absolute atomic E-state index is 11.9. The number of ether oxygens (including phenoxy) is 1. The second kappa shape index (κ2) is 8.73. The van der Waals surface area contributed by atoms with Crippen molar-refractivity contribution in [2.75, 3.05) is 13.2 Å². The van der Waals surface area contributed by atoms with Gasteiger partial charge in [-0.2, -0.15) is 0 Å². The van der Waals surface area contributed by atoms with E-state index >= 15 is 0 Å². The zero-order valence-corrected chi connectivity index (χ0v) is 12.2. The van der Waals surface area contributed by atoms with Crippen LogP contribution in [0.1, 0.15) is 19.4 Å². The predicted molar refractivity (Wildman–Crippen MR) is 77.4 cm³/mol. The normalized spacial score (nSPS) is 11.3. The van der Waals surface area contributed by atoms with Crippen LogP contribution in [0.2, 0.25) is 0 Å². The smallest absolute Gasteiger partial charge is 0.328 e. The number of carbonyl (C=O) groups is 3. The zero-order valence-electron chi connectivity index (χ0n) is 12.2. The average molecular weight is 292 g/mol. The van der Waals surface area contributed by atoms with Gasteiger partial charge in [-0.25, -0.2) is 4.79 Å². The minimum Gasteiger partial charge on any atom is -0.464 e. The molecule has 0 saturated heterocycles. The molecule has 6 nitrogen and oxygen atoms in total. The van der Waals surface area contributed by atoms with Gasteiger partial charge in [-0.3, -0.25) is 9.59 Å². The molecule has 0 radical (unpaired) electrons. The number of rotatable bonds is 7. The summed E-state index contributed by atoms with van der Waals surface area (Å²) in [5.74, 6) is -1.22. The van der Waals surface area contributed by atoms with Crippen LogP contribution in [-0.2, 0) is 25.5 Å². The summed E-state index contributed by atoms with van der Waals surface area (Å²) in [5.41, 5.74) is 0.912. The van der Waals surface area contributed by atoms with E-state index in [2.05, 4.69) is 10.6 Å². The van der Waals surface area contributed by atoms with Gasteiger partial charge in [0.1, 0.15) is 6.04 Å². The van der Waals surface area contributed by atoms with E-state index in [1.807, 2.05) is 30.3 Å². The Morgan fingerprint density at radius 3 is 2.43 bits per heavy atom. The molecular weight excluding hydrogens is 272 g/mol. The highest BCUT2D eigenvalue weighted by atomic mass is 16.5. The molecule has 0 aliphatic carbocycles. The van der Waals surface area contributed by atoms with Crippen LogP contribution >= 0.6 is 0 Å². The van der Waals surface area contributed by atoms with E-state index in [0.717, 1.165) is 5.56 Å². The largest absolute Gasteiger partial charge is 0.464 e. The second-order valence-electron chi connectivity index (χ2n) is 4.47. The summed E-state index contributed by atoms with van der Waals surface area (Å²) in [6.07, 6.45) is 0.339. The van der Waals surface area contributed by atoms with Crippen molar-refractivity contribution in [3.8, 4) is 0 Å². The Balaban J connectivity index is 2.66. The summed E-state index contributed by atoms with van der Waals surface area (Å²) in [4.78, 5) is 34.4. The molecule has 1 aromatic rings. The molecule has 0 unspecified atom stereocenters. The number of benzene rings is 1. The first-order valence-corrected chi connectivity index (χ1v) is 6.77. The molecule has 6 heteroatoms. The van der Waals surface area contributed by atoms with Crippen molar-refractivity contribution in [2.24, 2.45) is 0 Å². The lowest BCUT2D eigenvalue weighted by Crippen LogP contribution is -2.47. The summed E-state index contributed by atoms with van der Waals surface area (Å²) in [6, 6.07) is 8.55. The van der Waals surface area contributed by atoms with E-state index in [4.69, 9.17) is 4.74 Å². The van der Waals surface area contributed by atoms with E-state index in [1.54, 1.807) is 6.92 Å². The minimum atomic E-state index is -0.770. The van der Waals surface area contributed by atoms with Crippen molar-refractivity contribution in [2.45, 2.75) is 26.3 Å². The van der Waals surface area contributed by atoms with E-state index in [-0.39, 0.29) is 19.1 Å². The molecule has 2 N–H and O–H groups in total. The van der Waals surface area contributed by atoms with Crippen LogP contribution < -0.4 is 10.6 Å². The van der Waals surface area contributed by atoms with Gasteiger partial charge < -0.3 is 15.4 Å². The van der Waals surface area contributed by atoms with Crippen LogP contribution in [0.3, 0.4) is 0 Å². The van der Waals surface area contributed by atoms with E-state index in [9.17, 15) is 14.4 Å². The van der Waals surface area contributed by atoms with Gasteiger partial charge in [-0.15, -0.1) is 0 Å². The Kier molecular flexibility index (Phi) is 6.94. The second-order valence-corrected chi connectivity index (χ2v) is 4.47. The molecule has 1 rings (SSSR count). The van der Waals surface area contributed by atoms with Gasteiger partial charge >= 0.3 is 5.97 Å². The maximum atomic E-state index is 11.9. The van der Waals surface area contributed by atoms with Crippen molar-refractivity contribution in [3.63, 3.8) is 0 Å². The number of esters is 1. The molecule has 0 aliphatic rings. The minimum absolute atomic E-state index is 0.167.